The van der Waals surface area contributed by atoms with E-state index >= 15 is 0 Å². The zero-order valence-corrected chi connectivity index (χ0v) is 17.2. The lowest BCUT2D eigenvalue weighted by Gasteiger charge is -2.20. The zero-order chi connectivity index (χ0) is 20.0. The van der Waals surface area contributed by atoms with Gasteiger partial charge in [-0.2, -0.15) is 0 Å². The summed E-state index contributed by atoms with van der Waals surface area (Å²) in [6.07, 6.45) is 0.523. The van der Waals surface area contributed by atoms with Crippen LogP contribution in [0, 0.1) is 0 Å². The molecule has 0 radical (unpaired) electrons. The van der Waals surface area contributed by atoms with E-state index in [9.17, 15) is 4.79 Å². The molecule has 0 saturated heterocycles. The SMILES string of the molecule is CCC(C)Oc1ccc(NC(=O)C(C)Oc2ccc(C(C)(C)C)cc2)cc1. The Balaban J connectivity index is 1.91. The number of nitrogens with one attached hydrogen (secondary N) is 1. The van der Waals surface area contributed by atoms with Crippen molar-refractivity contribution < 1.29 is 14.3 Å². The first-order valence-electron chi connectivity index (χ1n) is 9.54. The van der Waals surface area contributed by atoms with Gasteiger partial charge < -0.3 is 14.8 Å². The highest BCUT2D eigenvalue weighted by molar-refractivity contribution is 5.94. The van der Waals surface area contributed by atoms with Crippen LogP contribution < -0.4 is 14.8 Å². The van der Waals surface area contributed by atoms with Gasteiger partial charge in [-0.25, -0.2) is 0 Å². The van der Waals surface area contributed by atoms with E-state index in [-0.39, 0.29) is 17.4 Å². The highest BCUT2D eigenvalue weighted by Crippen LogP contribution is 2.25. The molecule has 0 aromatic heterocycles. The molecule has 0 spiro atoms. The molecular formula is C23H31NO3. The molecule has 0 bridgehead atoms. The van der Waals surface area contributed by atoms with Gasteiger partial charge in [0, 0.05) is 5.69 Å². The van der Waals surface area contributed by atoms with Gasteiger partial charge in [0.1, 0.15) is 11.5 Å². The van der Waals surface area contributed by atoms with Crippen molar-refractivity contribution in [1.82, 2.24) is 0 Å². The lowest BCUT2D eigenvalue weighted by atomic mass is 9.87. The highest BCUT2D eigenvalue weighted by Gasteiger charge is 2.17. The number of anilines is 1. The van der Waals surface area contributed by atoms with Crippen molar-refractivity contribution in [3.8, 4) is 11.5 Å². The van der Waals surface area contributed by atoms with E-state index in [1.807, 2.05) is 55.5 Å². The van der Waals surface area contributed by atoms with Crippen molar-refractivity contribution in [3.63, 3.8) is 0 Å². The maximum Gasteiger partial charge on any atom is 0.265 e. The van der Waals surface area contributed by atoms with E-state index in [0.717, 1.165) is 17.9 Å². The Morgan fingerprint density at radius 1 is 0.926 bits per heavy atom. The standard InChI is InChI=1S/C23H31NO3/c1-7-16(2)26-20-14-10-19(11-15-20)24-22(25)17(3)27-21-12-8-18(9-13-21)23(4,5)6/h8-17H,7H2,1-6H3,(H,24,25). The Kier molecular flexibility index (Phi) is 6.89. The lowest BCUT2D eigenvalue weighted by Crippen LogP contribution is -2.30. The van der Waals surface area contributed by atoms with Gasteiger partial charge in [-0.1, -0.05) is 39.8 Å². The summed E-state index contributed by atoms with van der Waals surface area (Å²) >= 11 is 0. The van der Waals surface area contributed by atoms with E-state index in [1.165, 1.54) is 5.56 Å². The summed E-state index contributed by atoms with van der Waals surface area (Å²) in [6.45, 7) is 12.3. The highest BCUT2D eigenvalue weighted by atomic mass is 16.5. The normalized spacial score (nSPS) is 13.6. The maximum atomic E-state index is 12.4. The Morgan fingerprint density at radius 2 is 1.44 bits per heavy atom. The van der Waals surface area contributed by atoms with Crippen LogP contribution in [0.1, 0.15) is 53.5 Å². The van der Waals surface area contributed by atoms with Gasteiger partial charge >= 0.3 is 0 Å². The largest absolute Gasteiger partial charge is 0.491 e. The van der Waals surface area contributed by atoms with Crippen molar-refractivity contribution in [2.45, 2.75) is 65.6 Å². The molecular weight excluding hydrogens is 338 g/mol. The number of benzene rings is 2. The average molecular weight is 370 g/mol. The minimum atomic E-state index is -0.596. The molecule has 0 saturated carbocycles. The third-order valence-electron chi connectivity index (χ3n) is 4.44. The van der Waals surface area contributed by atoms with Gasteiger partial charge in [0.05, 0.1) is 6.10 Å². The van der Waals surface area contributed by atoms with Gasteiger partial charge in [-0.3, -0.25) is 4.79 Å². The molecule has 2 aromatic rings. The summed E-state index contributed by atoms with van der Waals surface area (Å²) in [5.41, 5.74) is 2.04. The number of hydrogen-bond acceptors (Lipinski definition) is 3. The molecule has 1 amide bonds. The molecule has 4 nitrogen and oxygen atoms in total. The molecule has 0 aliphatic rings. The van der Waals surface area contributed by atoms with Crippen molar-refractivity contribution in [2.24, 2.45) is 0 Å². The van der Waals surface area contributed by atoms with Gasteiger partial charge in [-0.05, 0) is 67.6 Å². The van der Waals surface area contributed by atoms with Crippen LogP contribution in [0.5, 0.6) is 11.5 Å². The van der Waals surface area contributed by atoms with Crippen LogP contribution in [0.2, 0.25) is 0 Å². The minimum Gasteiger partial charge on any atom is -0.491 e. The summed E-state index contributed by atoms with van der Waals surface area (Å²) in [7, 11) is 0. The molecule has 0 fully saturated rings. The van der Waals surface area contributed by atoms with Gasteiger partial charge in [0.15, 0.2) is 6.10 Å². The third kappa shape index (κ3) is 6.31. The molecule has 2 unspecified atom stereocenters. The van der Waals surface area contributed by atoms with Gasteiger partial charge in [-0.15, -0.1) is 0 Å². The van der Waals surface area contributed by atoms with Crippen LogP contribution in [-0.2, 0) is 10.2 Å². The van der Waals surface area contributed by atoms with Crippen LogP contribution in [-0.4, -0.2) is 18.1 Å². The second-order valence-electron chi connectivity index (χ2n) is 7.88. The fraction of sp³-hybridized carbons (Fsp3) is 0.435. The first kappa shape index (κ1) is 20.8. The van der Waals surface area contributed by atoms with Crippen molar-refractivity contribution in [1.29, 1.82) is 0 Å². The molecule has 2 atom stereocenters. The molecule has 4 heteroatoms. The van der Waals surface area contributed by atoms with Crippen LogP contribution in [0.25, 0.3) is 0 Å². The molecule has 0 aliphatic carbocycles. The Bertz CT molecular complexity index is 730. The fourth-order valence-electron chi connectivity index (χ4n) is 2.47. The van der Waals surface area contributed by atoms with Crippen molar-refractivity contribution in [2.75, 3.05) is 5.32 Å². The Hall–Kier alpha value is -2.49. The fourth-order valence-corrected chi connectivity index (χ4v) is 2.47. The summed E-state index contributed by atoms with van der Waals surface area (Å²) in [4.78, 5) is 12.4. The number of hydrogen-bond donors (Lipinski definition) is 1. The van der Waals surface area contributed by atoms with Gasteiger partial charge in [0.25, 0.3) is 5.91 Å². The summed E-state index contributed by atoms with van der Waals surface area (Å²) in [5, 5.41) is 2.87. The summed E-state index contributed by atoms with van der Waals surface area (Å²) < 4.78 is 11.5. The summed E-state index contributed by atoms with van der Waals surface area (Å²) in [5.74, 6) is 1.29. The Labute approximate surface area is 162 Å². The number of rotatable bonds is 7. The molecule has 146 valence electrons. The lowest BCUT2D eigenvalue weighted by molar-refractivity contribution is -0.122. The maximum absolute atomic E-state index is 12.4. The number of ether oxygens (including phenoxy) is 2. The first-order valence-corrected chi connectivity index (χ1v) is 9.54. The van der Waals surface area contributed by atoms with E-state index in [0.29, 0.717) is 5.75 Å². The van der Waals surface area contributed by atoms with E-state index in [1.54, 1.807) is 6.92 Å². The number of amides is 1. The van der Waals surface area contributed by atoms with E-state index in [2.05, 4.69) is 33.0 Å². The molecule has 1 N–H and O–H groups in total. The van der Waals surface area contributed by atoms with Crippen LogP contribution >= 0.6 is 0 Å². The molecule has 0 heterocycles. The number of carbonyl (C=O) groups excluding carboxylic acids is 1. The minimum absolute atomic E-state index is 0.0896. The van der Waals surface area contributed by atoms with Crippen molar-refractivity contribution in [3.05, 3.63) is 54.1 Å². The van der Waals surface area contributed by atoms with E-state index in [4.69, 9.17) is 9.47 Å². The second kappa shape index (κ2) is 8.94. The van der Waals surface area contributed by atoms with Crippen molar-refractivity contribution >= 4 is 11.6 Å². The predicted octanol–water partition coefficient (Wildman–Crippen LogP) is 5.57. The van der Waals surface area contributed by atoms with Crippen LogP contribution in [0.4, 0.5) is 5.69 Å². The summed E-state index contributed by atoms with van der Waals surface area (Å²) in [6, 6.07) is 15.3. The average Bonchev–Trinajstić information content (AvgIpc) is 2.62. The monoisotopic (exact) mass is 369 g/mol. The molecule has 27 heavy (non-hydrogen) atoms. The molecule has 2 aromatic carbocycles. The smallest absolute Gasteiger partial charge is 0.265 e. The van der Waals surface area contributed by atoms with Gasteiger partial charge in [0.2, 0.25) is 0 Å². The predicted molar refractivity (Wildman–Crippen MR) is 111 cm³/mol. The first-order chi connectivity index (χ1) is 12.7. The second-order valence-corrected chi connectivity index (χ2v) is 7.88. The third-order valence-corrected chi connectivity index (χ3v) is 4.44. The topological polar surface area (TPSA) is 47.6 Å². The van der Waals surface area contributed by atoms with Crippen LogP contribution in [0.3, 0.4) is 0 Å². The van der Waals surface area contributed by atoms with E-state index < -0.39 is 6.10 Å². The quantitative estimate of drug-likeness (QED) is 0.694. The zero-order valence-electron chi connectivity index (χ0n) is 17.2. The number of carbonyl (C=O) groups is 1. The Morgan fingerprint density at radius 3 is 1.96 bits per heavy atom. The molecule has 2 rings (SSSR count). The molecule has 0 aliphatic heterocycles. The van der Waals surface area contributed by atoms with Crippen LogP contribution in [0.15, 0.2) is 48.5 Å².